The van der Waals surface area contributed by atoms with Gasteiger partial charge in [-0.05, 0) is 18.6 Å². The fourth-order valence-corrected chi connectivity index (χ4v) is 2.25. The van der Waals surface area contributed by atoms with Gasteiger partial charge in [0.1, 0.15) is 0 Å². The molecule has 0 spiro atoms. The van der Waals surface area contributed by atoms with Gasteiger partial charge < -0.3 is 4.90 Å². The van der Waals surface area contributed by atoms with E-state index in [2.05, 4.69) is 9.71 Å². The number of nitrogens with zero attached hydrogens (tertiary/aromatic N) is 2. The molecule has 1 unspecified atom stereocenters. The normalized spacial score (nSPS) is 24.4. The molecule has 1 aliphatic heterocycles. The lowest BCUT2D eigenvalue weighted by Crippen LogP contribution is -2.42. The highest BCUT2D eigenvalue weighted by atomic mass is 35.5. The molecule has 1 heterocycles. The molecule has 12 heavy (non-hydrogen) atoms. The van der Waals surface area contributed by atoms with Crippen LogP contribution in [0.4, 0.5) is 0 Å². The Kier molecular flexibility index (Phi) is 2.60. The number of hydrogen-bond donors (Lipinski definition) is 1. The summed E-state index contributed by atoms with van der Waals surface area (Å²) in [5.74, 6) is 0. The summed E-state index contributed by atoms with van der Waals surface area (Å²) < 4.78 is 24.8. The molecular formula is C5H10ClN3O2S. The van der Waals surface area contributed by atoms with Crippen molar-refractivity contribution in [3.8, 4) is 0 Å². The topological polar surface area (TPSA) is 61.8 Å². The van der Waals surface area contributed by atoms with Crippen molar-refractivity contribution in [1.29, 1.82) is 0 Å². The van der Waals surface area contributed by atoms with E-state index < -0.39 is 15.4 Å². The molecule has 0 saturated heterocycles. The number of hydrogen-bond acceptors (Lipinski definition) is 4. The predicted molar refractivity (Wildman–Crippen MR) is 47.7 cm³/mol. The maximum atomic E-state index is 11.3. The quantitative estimate of drug-likeness (QED) is 0.621. The number of sulfonamides is 1. The molecule has 0 bridgehead atoms. The SMILES string of the molecule is CNS(=O)(=O)C1CN=C(Cl)N1C. The number of aliphatic imine (C=N–C) groups is 1. The Balaban J connectivity index is 2.84. The standard InChI is InChI=1S/C5H10ClN3O2S/c1-7-12(10,11)4-3-8-5(6)9(4)2/h4,7H,3H2,1-2H3. The minimum absolute atomic E-state index is 0.193. The van der Waals surface area contributed by atoms with Gasteiger partial charge in [-0.3, -0.25) is 4.99 Å². The highest BCUT2D eigenvalue weighted by molar-refractivity contribution is 7.90. The second-order valence-corrected chi connectivity index (χ2v) is 4.80. The third-order valence-corrected chi connectivity index (χ3v) is 3.88. The summed E-state index contributed by atoms with van der Waals surface area (Å²) in [6.07, 6.45) is 0. The largest absolute Gasteiger partial charge is 0.331 e. The van der Waals surface area contributed by atoms with E-state index in [4.69, 9.17) is 11.6 Å². The van der Waals surface area contributed by atoms with Crippen LogP contribution in [0.3, 0.4) is 0 Å². The molecule has 70 valence electrons. The Labute approximate surface area is 76.5 Å². The molecule has 1 rings (SSSR count). The average molecular weight is 212 g/mol. The molecule has 5 nitrogen and oxygen atoms in total. The van der Waals surface area contributed by atoms with Crippen molar-refractivity contribution in [3.05, 3.63) is 0 Å². The van der Waals surface area contributed by atoms with Gasteiger partial charge in [0.15, 0.2) is 10.7 Å². The van der Waals surface area contributed by atoms with E-state index in [0.717, 1.165) is 0 Å². The maximum absolute atomic E-state index is 11.3. The van der Waals surface area contributed by atoms with Gasteiger partial charge in [0.2, 0.25) is 10.0 Å². The van der Waals surface area contributed by atoms with E-state index in [9.17, 15) is 8.42 Å². The van der Waals surface area contributed by atoms with Crippen LogP contribution in [0.25, 0.3) is 0 Å². The number of halogens is 1. The minimum atomic E-state index is -3.30. The third-order valence-electron chi connectivity index (χ3n) is 1.74. The van der Waals surface area contributed by atoms with Crippen molar-refractivity contribution in [3.63, 3.8) is 0 Å². The number of likely N-dealkylation sites (N-methyl/N-ethyl adjacent to an activating group) is 1. The molecule has 0 aromatic rings. The van der Waals surface area contributed by atoms with Gasteiger partial charge in [0.05, 0.1) is 6.54 Å². The Hall–Kier alpha value is -0.330. The van der Waals surface area contributed by atoms with Crippen molar-refractivity contribution in [1.82, 2.24) is 9.62 Å². The summed E-state index contributed by atoms with van der Waals surface area (Å²) in [4.78, 5) is 5.23. The first-order chi connectivity index (χ1) is 5.49. The minimum Gasteiger partial charge on any atom is -0.331 e. The predicted octanol–water partition coefficient (Wildman–Crippen LogP) is -0.598. The van der Waals surface area contributed by atoms with E-state index in [-0.39, 0.29) is 11.8 Å². The van der Waals surface area contributed by atoms with Crippen LogP contribution in [-0.4, -0.2) is 44.6 Å². The molecule has 0 amide bonds. The van der Waals surface area contributed by atoms with Crippen LogP contribution in [0.2, 0.25) is 0 Å². The lowest BCUT2D eigenvalue weighted by molar-refractivity contribution is 0.474. The van der Waals surface area contributed by atoms with Crippen molar-refractivity contribution in [2.75, 3.05) is 20.6 Å². The molecule has 0 aromatic carbocycles. The number of rotatable bonds is 2. The lowest BCUT2D eigenvalue weighted by atomic mass is 10.6. The molecule has 0 aliphatic carbocycles. The monoisotopic (exact) mass is 211 g/mol. The van der Waals surface area contributed by atoms with Gasteiger partial charge in [-0.1, -0.05) is 0 Å². The first kappa shape index (κ1) is 9.76. The summed E-state index contributed by atoms with van der Waals surface area (Å²) in [5, 5.41) is -0.436. The van der Waals surface area contributed by atoms with Crippen LogP contribution < -0.4 is 4.72 Å². The Morgan fingerprint density at radius 3 is 2.67 bits per heavy atom. The summed E-state index contributed by atoms with van der Waals surface area (Å²) >= 11 is 5.60. The van der Waals surface area contributed by atoms with Gasteiger partial charge in [0.25, 0.3) is 0 Å². The van der Waals surface area contributed by atoms with Gasteiger partial charge in [-0.15, -0.1) is 0 Å². The third kappa shape index (κ3) is 1.55. The van der Waals surface area contributed by atoms with Gasteiger partial charge in [-0.2, -0.15) is 0 Å². The van der Waals surface area contributed by atoms with Crippen LogP contribution in [0, 0.1) is 0 Å². The van der Waals surface area contributed by atoms with Crippen LogP contribution in [0.5, 0.6) is 0 Å². The Morgan fingerprint density at radius 1 is 1.75 bits per heavy atom. The van der Waals surface area contributed by atoms with E-state index in [1.54, 1.807) is 7.05 Å². The first-order valence-corrected chi connectivity index (χ1v) is 5.26. The van der Waals surface area contributed by atoms with Crippen LogP contribution >= 0.6 is 11.6 Å². The van der Waals surface area contributed by atoms with Crippen LogP contribution in [-0.2, 0) is 10.0 Å². The molecular weight excluding hydrogens is 202 g/mol. The highest BCUT2D eigenvalue weighted by Gasteiger charge is 2.33. The zero-order valence-electron chi connectivity index (χ0n) is 6.78. The zero-order valence-corrected chi connectivity index (χ0v) is 8.35. The molecule has 0 fully saturated rings. The molecule has 0 aromatic heterocycles. The summed E-state index contributed by atoms with van der Waals surface area (Å²) in [7, 11) is -0.337. The summed E-state index contributed by atoms with van der Waals surface area (Å²) in [5.41, 5.74) is 0. The fraction of sp³-hybridized carbons (Fsp3) is 0.800. The van der Waals surface area contributed by atoms with Crippen molar-refractivity contribution < 1.29 is 8.42 Å². The second-order valence-electron chi connectivity index (χ2n) is 2.42. The lowest BCUT2D eigenvalue weighted by Gasteiger charge is -2.19. The second kappa shape index (κ2) is 3.20. The zero-order chi connectivity index (χ0) is 9.35. The average Bonchev–Trinajstić information content (AvgIpc) is 2.33. The number of amidine groups is 1. The van der Waals surface area contributed by atoms with Gasteiger partial charge in [0, 0.05) is 7.05 Å². The van der Waals surface area contributed by atoms with Crippen LogP contribution in [0.1, 0.15) is 0 Å². The Bertz CT molecular complexity index is 300. The summed E-state index contributed by atoms with van der Waals surface area (Å²) in [6.45, 7) is 0.193. The molecule has 0 saturated carbocycles. The van der Waals surface area contributed by atoms with E-state index in [0.29, 0.717) is 0 Å². The van der Waals surface area contributed by atoms with Gasteiger partial charge in [-0.25, -0.2) is 13.1 Å². The van der Waals surface area contributed by atoms with Gasteiger partial charge >= 0.3 is 0 Å². The fourth-order valence-electron chi connectivity index (χ4n) is 0.949. The molecule has 1 atom stereocenters. The molecule has 0 radical (unpaired) electrons. The molecule has 1 N–H and O–H groups in total. The van der Waals surface area contributed by atoms with E-state index >= 15 is 0 Å². The van der Waals surface area contributed by atoms with Crippen molar-refractivity contribution in [2.45, 2.75) is 5.37 Å². The maximum Gasteiger partial charge on any atom is 0.234 e. The van der Waals surface area contributed by atoms with Crippen molar-refractivity contribution in [2.24, 2.45) is 4.99 Å². The summed E-state index contributed by atoms with van der Waals surface area (Å²) in [6, 6.07) is 0. The van der Waals surface area contributed by atoms with E-state index in [1.165, 1.54) is 11.9 Å². The molecule has 7 heteroatoms. The Morgan fingerprint density at radius 2 is 2.33 bits per heavy atom. The smallest absolute Gasteiger partial charge is 0.234 e. The first-order valence-electron chi connectivity index (χ1n) is 3.34. The molecule has 1 aliphatic rings. The van der Waals surface area contributed by atoms with E-state index in [1.807, 2.05) is 0 Å². The van der Waals surface area contributed by atoms with Crippen molar-refractivity contribution >= 4 is 26.9 Å². The number of nitrogens with one attached hydrogen (secondary N) is 1. The highest BCUT2D eigenvalue weighted by Crippen LogP contribution is 2.14. The van der Waals surface area contributed by atoms with Crippen LogP contribution in [0.15, 0.2) is 4.99 Å².